The summed E-state index contributed by atoms with van der Waals surface area (Å²) in [4.78, 5) is 3.29. The van der Waals surface area contributed by atoms with Crippen molar-refractivity contribution in [1.29, 1.82) is 0 Å². The monoisotopic (exact) mass is 260 g/mol. The summed E-state index contributed by atoms with van der Waals surface area (Å²) < 4.78 is 11.1. The van der Waals surface area contributed by atoms with Crippen LogP contribution in [0.5, 0.6) is 0 Å². The van der Waals surface area contributed by atoms with Crippen molar-refractivity contribution in [2.24, 2.45) is 0 Å². The standard InChI is InChI=1S/C15H20N2O2/c1-18-15(6-8-19-11-15)10-16-9-13-4-2-3-12-5-7-17-14(12)13/h2-5,7,16-17H,6,8-11H2,1H3. The fraction of sp³-hybridized carbons (Fsp3) is 0.467. The molecule has 4 heteroatoms. The molecule has 0 amide bonds. The molecule has 0 bridgehead atoms. The molecule has 1 aliphatic rings. The zero-order valence-corrected chi connectivity index (χ0v) is 11.2. The normalized spacial score (nSPS) is 23.2. The number of para-hydroxylation sites is 1. The topological polar surface area (TPSA) is 46.3 Å². The highest BCUT2D eigenvalue weighted by Crippen LogP contribution is 2.22. The lowest BCUT2D eigenvalue weighted by Gasteiger charge is -2.26. The Bertz CT molecular complexity index is 544. The van der Waals surface area contributed by atoms with E-state index in [2.05, 4.69) is 34.6 Å². The Labute approximate surface area is 113 Å². The third kappa shape index (κ3) is 2.52. The van der Waals surface area contributed by atoms with Crippen LogP contribution in [0.3, 0.4) is 0 Å². The average Bonchev–Trinajstić information content (AvgIpc) is 3.08. The first-order valence-corrected chi connectivity index (χ1v) is 6.72. The van der Waals surface area contributed by atoms with Gasteiger partial charge in [-0.15, -0.1) is 0 Å². The lowest BCUT2D eigenvalue weighted by molar-refractivity contribution is -0.0159. The Hall–Kier alpha value is -1.36. The van der Waals surface area contributed by atoms with Gasteiger partial charge in [0.15, 0.2) is 0 Å². The predicted molar refractivity (Wildman–Crippen MR) is 75.2 cm³/mol. The largest absolute Gasteiger partial charge is 0.378 e. The van der Waals surface area contributed by atoms with Gasteiger partial charge in [-0.25, -0.2) is 0 Å². The predicted octanol–water partition coefficient (Wildman–Crippen LogP) is 2.06. The number of ether oxygens (including phenoxy) is 2. The zero-order valence-electron chi connectivity index (χ0n) is 11.2. The SMILES string of the molecule is COC1(CNCc2cccc3cc[nH]c23)CCOC1. The number of aromatic amines is 1. The maximum atomic E-state index is 5.61. The maximum Gasteiger partial charge on any atom is 0.106 e. The van der Waals surface area contributed by atoms with Crippen LogP contribution in [0.25, 0.3) is 10.9 Å². The van der Waals surface area contributed by atoms with Gasteiger partial charge >= 0.3 is 0 Å². The van der Waals surface area contributed by atoms with Crippen LogP contribution < -0.4 is 5.32 Å². The molecule has 2 N–H and O–H groups in total. The third-order valence-electron chi connectivity index (χ3n) is 3.94. The zero-order chi connectivity index (χ0) is 13.1. The van der Waals surface area contributed by atoms with Gasteiger partial charge in [0.05, 0.1) is 6.61 Å². The molecule has 3 rings (SSSR count). The minimum atomic E-state index is -0.149. The lowest BCUT2D eigenvalue weighted by Crippen LogP contribution is -2.42. The smallest absolute Gasteiger partial charge is 0.106 e. The van der Waals surface area contributed by atoms with Crippen molar-refractivity contribution in [1.82, 2.24) is 10.3 Å². The van der Waals surface area contributed by atoms with E-state index in [1.54, 1.807) is 7.11 Å². The van der Waals surface area contributed by atoms with Crippen LogP contribution in [-0.4, -0.2) is 37.5 Å². The van der Waals surface area contributed by atoms with Gasteiger partial charge in [-0.05, 0) is 17.0 Å². The first-order chi connectivity index (χ1) is 9.33. The molecule has 2 aromatic rings. The highest BCUT2D eigenvalue weighted by Gasteiger charge is 2.34. The van der Waals surface area contributed by atoms with E-state index in [-0.39, 0.29) is 5.60 Å². The van der Waals surface area contributed by atoms with Crippen molar-refractivity contribution in [2.75, 3.05) is 26.9 Å². The van der Waals surface area contributed by atoms with Crippen LogP contribution in [0.15, 0.2) is 30.5 Å². The van der Waals surface area contributed by atoms with Gasteiger partial charge in [0, 0.05) is 44.9 Å². The number of fused-ring (bicyclic) bond motifs is 1. The summed E-state index contributed by atoms with van der Waals surface area (Å²) in [6, 6.07) is 8.46. The number of rotatable bonds is 5. The molecule has 19 heavy (non-hydrogen) atoms. The molecule has 1 fully saturated rings. The van der Waals surface area contributed by atoms with Gasteiger partial charge in [0.2, 0.25) is 0 Å². The molecule has 0 aliphatic carbocycles. The molecular formula is C15H20N2O2. The van der Waals surface area contributed by atoms with E-state index in [4.69, 9.17) is 9.47 Å². The van der Waals surface area contributed by atoms with E-state index in [0.29, 0.717) is 6.61 Å². The van der Waals surface area contributed by atoms with Gasteiger partial charge in [-0.3, -0.25) is 0 Å². The van der Waals surface area contributed by atoms with Gasteiger partial charge in [-0.2, -0.15) is 0 Å². The summed E-state index contributed by atoms with van der Waals surface area (Å²) in [5.74, 6) is 0. The molecule has 4 nitrogen and oxygen atoms in total. The fourth-order valence-electron chi connectivity index (χ4n) is 2.68. The molecule has 0 spiro atoms. The van der Waals surface area contributed by atoms with E-state index in [0.717, 1.165) is 26.1 Å². The Morgan fingerprint density at radius 3 is 3.16 bits per heavy atom. The average molecular weight is 260 g/mol. The quantitative estimate of drug-likeness (QED) is 0.865. The molecule has 1 atom stereocenters. The second kappa shape index (κ2) is 5.33. The number of nitrogens with one attached hydrogen (secondary N) is 2. The van der Waals surface area contributed by atoms with Crippen LogP contribution >= 0.6 is 0 Å². The number of hydrogen-bond donors (Lipinski definition) is 2. The highest BCUT2D eigenvalue weighted by molar-refractivity contribution is 5.82. The van der Waals surface area contributed by atoms with Gasteiger partial charge < -0.3 is 19.8 Å². The summed E-state index contributed by atoms with van der Waals surface area (Å²) in [6.45, 7) is 3.13. The number of H-pyrrole nitrogens is 1. The molecule has 102 valence electrons. The lowest BCUT2D eigenvalue weighted by atomic mass is 10.0. The summed E-state index contributed by atoms with van der Waals surface area (Å²) in [5, 5.41) is 4.75. The Balaban J connectivity index is 1.64. The van der Waals surface area contributed by atoms with Crippen molar-refractivity contribution in [2.45, 2.75) is 18.6 Å². The Kier molecular flexibility index (Phi) is 3.55. The molecular weight excluding hydrogens is 240 g/mol. The summed E-state index contributed by atoms with van der Waals surface area (Å²) >= 11 is 0. The molecule has 1 saturated heterocycles. The van der Waals surface area contributed by atoms with Crippen molar-refractivity contribution in [3.63, 3.8) is 0 Å². The van der Waals surface area contributed by atoms with Crippen molar-refractivity contribution < 1.29 is 9.47 Å². The Morgan fingerprint density at radius 1 is 1.42 bits per heavy atom. The van der Waals surface area contributed by atoms with E-state index < -0.39 is 0 Å². The molecule has 2 heterocycles. The summed E-state index contributed by atoms with van der Waals surface area (Å²) in [7, 11) is 1.77. The van der Waals surface area contributed by atoms with Crippen molar-refractivity contribution in [3.05, 3.63) is 36.0 Å². The number of hydrogen-bond acceptors (Lipinski definition) is 3. The van der Waals surface area contributed by atoms with Crippen LogP contribution in [0.2, 0.25) is 0 Å². The Morgan fingerprint density at radius 2 is 2.37 bits per heavy atom. The highest BCUT2D eigenvalue weighted by atomic mass is 16.5. The first-order valence-electron chi connectivity index (χ1n) is 6.72. The van der Waals surface area contributed by atoms with E-state index >= 15 is 0 Å². The van der Waals surface area contributed by atoms with E-state index in [9.17, 15) is 0 Å². The number of aromatic nitrogens is 1. The van der Waals surface area contributed by atoms with E-state index in [1.807, 2.05) is 6.20 Å². The van der Waals surface area contributed by atoms with Crippen LogP contribution in [0.4, 0.5) is 0 Å². The summed E-state index contributed by atoms with van der Waals surface area (Å²) in [6.07, 6.45) is 2.94. The molecule has 0 radical (unpaired) electrons. The van der Waals surface area contributed by atoms with Crippen molar-refractivity contribution >= 4 is 10.9 Å². The third-order valence-corrected chi connectivity index (χ3v) is 3.94. The first kappa shape index (κ1) is 12.7. The number of benzene rings is 1. The van der Waals surface area contributed by atoms with Crippen molar-refractivity contribution in [3.8, 4) is 0 Å². The molecule has 0 saturated carbocycles. The van der Waals surface area contributed by atoms with Crippen LogP contribution in [0.1, 0.15) is 12.0 Å². The summed E-state index contributed by atoms with van der Waals surface area (Å²) in [5.41, 5.74) is 2.35. The second-order valence-electron chi connectivity index (χ2n) is 5.15. The molecule has 1 aliphatic heterocycles. The van der Waals surface area contributed by atoms with Gasteiger partial charge in [0.25, 0.3) is 0 Å². The van der Waals surface area contributed by atoms with Gasteiger partial charge in [0.1, 0.15) is 5.60 Å². The van der Waals surface area contributed by atoms with Crippen LogP contribution in [-0.2, 0) is 16.0 Å². The molecule has 1 unspecified atom stereocenters. The maximum absolute atomic E-state index is 5.61. The van der Waals surface area contributed by atoms with Crippen LogP contribution in [0, 0.1) is 0 Å². The van der Waals surface area contributed by atoms with E-state index in [1.165, 1.54) is 16.5 Å². The number of methoxy groups -OCH3 is 1. The van der Waals surface area contributed by atoms with Gasteiger partial charge in [-0.1, -0.05) is 18.2 Å². The molecule has 1 aromatic heterocycles. The fourth-order valence-corrected chi connectivity index (χ4v) is 2.68. The minimum Gasteiger partial charge on any atom is -0.378 e. The minimum absolute atomic E-state index is 0.149. The second-order valence-corrected chi connectivity index (χ2v) is 5.15. The molecule has 1 aromatic carbocycles.